The topological polar surface area (TPSA) is 38.1 Å². The number of benzene rings is 1. The minimum absolute atomic E-state index is 0.802. The number of hydrogen-bond acceptors (Lipinski definition) is 3. The highest BCUT2D eigenvalue weighted by molar-refractivity contribution is 5.84. The van der Waals surface area contributed by atoms with Crippen LogP contribution < -0.4 is 5.32 Å². The first kappa shape index (κ1) is 10.8. The highest BCUT2D eigenvalue weighted by atomic mass is 16.3. The van der Waals surface area contributed by atoms with Crippen LogP contribution in [0.5, 0.6) is 0 Å². The smallest absolute Gasteiger partial charge is 0.153 e. The summed E-state index contributed by atoms with van der Waals surface area (Å²) in [7, 11) is 1.86. The van der Waals surface area contributed by atoms with Gasteiger partial charge >= 0.3 is 0 Å². The highest BCUT2D eigenvalue weighted by Crippen LogP contribution is 2.28. The molecule has 90 valence electrons. The molecule has 0 bridgehead atoms. The van der Waals surface area contributed by atoms with E-state index in [1.807, 2.05) is 50.4 Å². The summed E-state index contributed by atoms with van der Waals surface area (Å²) in [6.07, 6.45) is 0. The molecule has 0 aliphatic carbocycles. The van der Waals surface area contributed by atoms with Crippen molar-refractivity contribution in [3.05, 3.63) is 48.0 Å². The van der Waals surface area contributed by atoms with Crippen LogP contribution in [-0.2, 0) is 0 Å². The Balaban J connectivity index is 2.16. The van der Waals surface area contributed by atoms with Crippen LogP contribution in [0.25, 0.3) is 22.4 Å². The van der Waals surface area contributed by atoms with E-state index >= 15 is 0 Å². The van der Waals surface area contributed by atoms with Crippen molar-refractivity contribution in [3.8, 4) is 11.5 Å². The van der Waals surface area contributed by atoms with Gasteiger partial charge < -0.3 is 9.73 Å². The number of fused-ring (bicyclic) bond motifs is 1. The van der Waals surface area contributed by atoms with Gasteiger partial charge in [0.2, 0.25) is 0 Å². The number of aryl methyl sites for hydroxylation is 1. The van der Waals surface area contributed by atoms with Gasteiger partial charge in [0.15, 0.2) is 5.76 Å². The molecule has 3 rings (SSSR count). The summed E-state index contributed by atoms with van der Waals surface area (Å²) in [5, 5.41) is 4.14. The average Bonchev–Trinajstić information content (AvgIpc) is 2.84. The first-order valence-electron chi connectivity index (χ1n) is 5.92. The standard InChI is InChI=1S/C15H14N2O/c1-10-5-3-6-11-9-13(18-15(10)11)12-7-4-8-14(16-2)17-12/h3-9H,1-2H3,(H,16,17). The maximum absolute atomic E-state index is 5.89. The molecule has 0 spiro atoms. The Labute approximate surface area is 105 Å². The Hall–Kier alpha value is -2.29. The third-order valence-corrected chi connectivity index (χ3v) is 3.00. The van der Waals surface area contributed by atoms with Gasteiger partial charge in [0, 0.05) is 12.4 Å². The molecule has 0 radical (unpaired) electrons. The summed E-state index contributed by atoms with van der Waals surface area (Å²) in [6.45, 7) is 2.05. The summed E-state index contributed by atoms with van der Waals surface area (Å²) < 4.78 is 5.89. The van der Waals surface area contributed by atoms with Crippen LogP contribution in [0.1, 0.15) is 5.56 Å². The minimum Gasteiger partial charge on any atom is -0.454 e. The molecule has 3 nitrogen and oxygen atoms in total. The number of pyridine rings is 1. The molecular formula is C15H14N2O. The summed E-state index contributed by atoms with van der Waals surface area (Å²) >= 11 is 0. The van der Waals surface area contributed by atoms with Crippen LogP contribution in [0.15, 0.2) is 46.9 Å². The molecule has 0 atom stereocenters. The zero-order chi connectivity index (χ0) is 12.5. The second-order valence-corrected chi connectivity index (χ2v) is 4.26. The molecule has 2 aromatic heterocycles. The van der Waals surface area contributed by atoms with Gasteiger partial charge in [-0.05, 0) is 30.7 Å². The molecule has 1 aromatic carbocycles. The summed E-state index contributed by atoms with van der Waals surface area (Å²) in [6, 6.07) is 14.0. The van der Waals surface area contributed by atoms with Crippen molar-refractivity contribution in [1.29, 1.82) is 0 Å². The van der Waals surface area contributed by atoms with Crippen molar-refractivity contribution in [3.63, 3.8) is 0 Å². The summed E-state index contributed by atoms with van der Waals surface area (Å²) in [5.41, 5.74) is 2.92. The minimum atomic E-state index is 0.802. The second-order valence-electron chi connectivity index (χ2n) is 4.26. The molecule has 0 aliphatic heterocycles. The molecule has 0 aliphatic rings. The molecule has 3 heteroatoms. The van der Waals surface area contributed by atoms with E-state index in [-0.39, 0.29) is 0 Å². The maximum Gasteiger partial charge on any atom is 0.153 e. The van der Waals surface area contributed by atoms with Crippen LogP contribution in [0, 0.1) is 6.92 Å². The van der Waals surface area contributed by atoms with Crippen LogP contribution in [0.4, 0.5) is 5.82 Å². The second kappa shape index (κ2) is 4.18. The molecule has 1 N–H and O–H groups in total. The Bertz CT molecular complexity index is 701. The van der Waals surface area contributed by atoms with E-state index in [4.69, 9.17) is 4.42 Å². The third kappa shape index (κ3) is 1.74. The molecule has 3 aromatic rings. The van der Waals surface area contributed by atoms with E-state index in [2.05, 4.69) is 16.4 Å². The number of nitrogens with one attached hydrogen (secondary N) is 1. The fraction of sp³-hybridized carbons (Fsp3) is 0.133. The number of hydrogen-bond donors (Lipinski definition) is 1. The van der Waals surface area contributed by atoms with Crippen molar-refractivity contribution in [2.24, 2.45) is 0 Å². The van der Waals surface area contributed by atoms with Crippen molar-refractivity contribution < 1.29 is 4.42 Å². The lowest BCUT2D eigenvalue weighted by Crippen LogP contribution is -1.92. The van der Waals surface area contributed by atoms with Crippen LogP contribution >= 0.6 is 0 Å². The van der Waals surface area contributed by atoms with E-state index < -0.39 is 0 Å². The first-order valence-corrected chi connectivity index (χ1v) is 5.92. The van der Waals surface area contributed by atoms with Crippen molar-refractivity contribution in [2.75, 3.05) is 12.4 Å². The van der Waals surface area contributed by atoms with Crippen LogP contribution in [0.2, 0.25) is 0 Å². The largest absolute Gasteiger partial charge is 0.454 e. The predicted molar refractivity (Wildman–Crippen MR) is 73.7 cm³/mol. The van der Waals surface area contributed by atoms with Crippen LogP contribution in [0.3, 0.4) is 0 Å². The van der Waals surface area contributed by atoms with Gasteiger partial charge in [-0.15, -0.1) is 0 Å². The zero-order valence-corrected chi connectivity index (χ0v) is 10.4. The lowest BCUT2D eigenvalue weighted by Gasteiger charge is -2.00. The van der Waals surface area contributed by atoms with Gasteiger partial charge in [0.25, 0.3) is 0 Å². The van der Waals surface area contributed by atoms with Gasteiger partial charge in [-0.3, -0.25) is 0 Å². The van der Waals surface area contributed by atoms with Gasteiger partial charge in [-0.2, -0.15) is 0 Å². The molecule has 18 heavy (non-hydrogen) atoms. The van der Waals surface area contributed by atoms with Crippen molar-refractivity contribution in [2.45, 2.75) is 6.92 Å². The Morgan fingerprint density at radius 2 is 1.94 bits per heavy atom. The predicted octanol–water partition coefficient (Wildman–Crippen LogP) is 3.84. The maximum atomic E-state index is 5.89. The number of para-hydroxylation sites is 1. The lowest BCUT2D eigenvalue weighted by molar-refractivity contribution is 0.626. The van der Waals surface area contributed by atoms with E-state index in [1.165, 1.54) is 0 Å². The van der Waals surface area contributed by atoms with Gasteiger partial charge in [0.05, 0.1) is 0 Å². The fourth-order valence-corrected chi connectivity index (χ4v) is 2.05. The summed E-state index contributed by atoms with van der Waals surface area (Å²) in [5.74, 6) is 1.64. The van der Waals surface area contributed by atoms with Crippen molar-refractivity contribution in [1.82, 2.24) is 4.98 Å². The van der Waals surface area contributed by atoms with Crippen molar-refractivity contribution >= 4 is 16.8 Å². The van der Waals surface area contributed by atoms with Gasteiger partial charge in [-0.1, -0.05) is 24.3 Å². The average molecular weight is 238 g/mol. The van der Waals surface area contributed by atoms with E-state index in [0.717, 1.165) is 33.8 Å². The van der Waals surface area contributed by atoms with Gasteiger partial charge in [0.1, 0.15) is 17.1 Å². The molecule has 0 unspecified atom stereocenters. The van der Waals surface area contributed by atoms with E-state index in [0.29, 0.717) is 0 Å². The Morgan fingerprint density at radius 1 is 1.11 bits per heavy atom. The Morgan fingerprint density at radius 3 is 2.72 bits per heavy atom. The molecular weight excluding hydrogens is 224 g/mol. The number of furan rings is 1. The molecule has 0 saturated carbocycles. The van der Waals surface area contributed by atoms with Gasteiger partial charge in [-0.25, -0.2) is 4.98 Å². The highest BCUT2D eigenvalue weighted by Gasteiger charge is 2.09. The quantitative estimate of drug-likeness (QED) is 0.737. The normalized spacial score (nSPS) is 10.8. The van der Waals surface area contributed by atoms with E-state index in [9.17, 15) is 0 Å². The molecule has 0 fully saturated rings. The Kier molecular flexibility index (Phi) is 2.52. The third-order valence-electron chi connectivity index (χ3n) is 3.00. The number of nitrogens with zero attached hydrogens (tertiary/aromatic N) is 1. The number of rotatable bonds is 2. The first-order chi connectivity index (χ1) is 8.78. The molecule has 0 saturated heterocycles. The fourth-order valence-electron chi connectivity index (χ4n) is 2.05. The zero-order valence-electron chi connectivity index (χ0n) is 10.4. The molecule has 2 heterocycles. The lowest BCUT2D eigenvalue weighted by atomic mass is 10.2. The SMILES string of the molecule is CNc1cccc(-c2cc3cccc(C)c3o2)n1. The monoisotopic (exact) mass is 238 g/mol. The van der Waals surface area contributed by atoms with E-state index in [1.54, 1.807) is 0 Å². The molecule has 0 amide bonds. The number of aromatic nitrogens is 1. The summed E-state index contributed by atoms with van der Waals surface area (Å²) in [4.78, 5) is 4.48. The number of anilines is 1. The van der Waals surface area contributed by atoms with Crippen LogP contribution in [-0.4, -0.2) is 12.0 Å².